The molecular formula is C7H11N7S. The predicted octanol–water partition coefficient (Wildman–Crippen LogP) is 0.261. The molecule has 0 saturated heterocycles. The van der Waals surface area contributed by atoms with Crippen LogP contribution in [0.15, 0.2) is 6.33 Å². The number of aryl methyl sites for hydroxylation is 1. The SMILES string of the molecule is CC(c1nncn1C)n1c(N)n[nH]c1=S. The van der Waals surface area contributed by atoms with Gasteiger partial charge < -0.3 is 10.3 Å². The highest BCUT2D eigenvalue weighted by molar-refractivity contribution is 7.71. The van der Waals surface area contributed by atoms with E-state index in [9.17, 15) is 0 Å². The second-order valence-electron chi connectivity index (χ2n) is 3.23. The zero-order valence-corrected chi connectivity index (χ0v) is 9.19. The normalized spacial score (nSPS) is 12.9. The zero-order chi connectivity index (χ0) is 11.0. The minimum absolute atomic E-state index is 0.0938. The van der Waals surface area contributed by atoms with Crippen LogP contribution in [-0.4, -0.2) is 29.5 Å². The Bertz CT molecular complexity index is 521. The van der Waals surface area contributed by atoms with E-state index in [4.69, 9.17) is 18.0 Å². The number of rotatable bonds is 2. The van der Waals surface area contributed by atoms with Gasteiger partial charge in [0.15, 0.2) is 10.6 Å². The van der Waals surface area contributed by atoms with Crippen molar-refractivity contribution in [3.63, 3.8) is 0 Å². The standard InChI is InChI=1S/C7H11N7S/c1-4(5-10-9-3-13(5)2)14-6(8)11-12-7(14)15/h3-4H,1-2H3,(H2,8,11)(H,12,15). The van der Waals surface area contributed by atoms with Crippen LogP contribution in [0.2, 0.25) is 0 Å². The number of nitrogens with zero attached hydrogens (tertiary/aromatic N) is 5. The lowest BCUT2D eigenvalue weighted by molar-refractivity contribution is 0.573. The molecule has 0 radical (unpaired) electrons. The Hall–Kier alpha value is -1.70. The fraction of sp³-hybridized carbons (Fsp3) is 0.429. The second-order valence-corrected chi connectivity index (χ2v) is 3.62. The molecule has 7 nitrogen and oxygen atoms in total. The molecule has 2 aromatic rings. The molecular weight excluding hydrogens is 214 g/mol. The van der Waals surface area contributed by atoms with Crippen molar-refractivity contribution in [3.05, 3.63) is 16.9 Å². The first-order valence-electron chi connectivity index (χ1n) is 4.37. The van der Waals surface area contributed by atoms with Gasteiger partial charge in [-0.2, -0.15) is 0 Å². The Morgan fingerprint density at radius 1 is 1.60 bits per heavy atom. The molecule has 2 aromatic heterocycles. The van der Waals surface area contributed by atoms with E-state index >= 15 is 0 Å². The molecule has 8 heteroatoms. The van der Waals surface area contributed by atoms with Crippen molar-refractivity contribution in [1.82, 2.24) is 29.5 Å². The molecule has 0 aliphatic rings. The maximum absolute atomic E-state index is 5.69. The third-order valence-corrected chi connectivity index (χ3v) is 2.53. The molecule has 0 aromatic carbocycles. The minimum Gasteiger partial charge on any atom is -0.368 e. The Balaban J connectivity index is 2.49. The Labute approximate surface area is 90.9 Å². The molecule has 3 N–H and O–H groups in total. The molecule has 2 heterocycles. The van der Waals surface area contributed by atoms with E-state index in [1.165, 1.54) is 0 Å². The number of nitrogens with two attached hydrogens (primary N) is 1. The van der Waals surface area contributed by atoms with Crippen LogP contribution in [0.4, 0.5) is 5.95 Å². The van der Waals surface area contributed by atoms with Gasteiger partial charge in [0, 0.05) is 7.05 Å². The van der Waals surface area contributed by atoms with E-state index < -0.39 is 0 Å². The van der Waals surface area contributed by atoms with E-state index in [0.717, 1.165) is 5.82 Å². The van der Waals surface area contributed by atoms with E-state index in [1.807, 2.05) is 18.5 Å². The van der Waals surface area contributed by atoms with Crippen LogP contribution in [0.5, 0.6) is 0 Å². The summed E-state index contributed by atoms with van der Waals surface area (Å²) in [6.45, 7) is 1.94. The van der Waals surface area contributed by atoms with Gasteiger partial charge in [0.2, 0.25) is 5.95 Å². The van der Waals surface area contributed by atoms with E-state index in [-0.39, 0.29) is 6.04 Å². The minimum atomic E-state index is -0.0938. The van der Waals surface area contributed by atoms with Gasteiger partial charge in [-0.05, 0) is 19.1 Å². The van der Waals surface area contributed by atoms with Crippen LogP contribution in [-0.2, 0) is 7.05 Å². The first-order chi connectivity index (χ1) is 7.11. The number of hydrogen-bond acceptors (Lipinski definition) is 5. The summed E-state index contributed by atoms with van der Waals surface area (Å²) >= 11 is 5.07. The zero-order valence-electron chi connectivity index (χ0n) is 8.38. The number of anilines is 1. The van der Waals surface area contributed by atoms with E-state index in [2.05, 4.69) is 20.4 Å². The molecule has 0 saturated carbocycles. The summed E-state index contributed by atoms with van der Waals surface area (Å²) in [5, 5.41) is 14.3. The van der Waals surface area contributed by atoms with Crippen molar-refractivity contribution < 1.29 is 0 Å². The van der Waals surface area contributed by atoms with Crippen molar-refractivity contribution in [1.29, 1.82) is 0 Å². The lowest BCUT2D eigenvalue weighted by Crippen LogP contribution is -2.14. The van der Waals surface area contributed by atoms with Gasteiger partial charge in [-0.15, -0.1) is 15.3 Å². The number of hydrogen-bond donors (Lipinski definition) is 2. The molecule has 0 aliphatic carbocycles. The monoisotopic (exact) mass is 225 g/mol. The Morgan fingerprint density at radius 2 is 2.33 bits per heavy atom. The maximum Gasteiger partial charge on any atom is 0.221 e. The Morgan fingerprint density at radius 3 is 2.80 bits per heavy atom. The third-order valence-electron chi connectivity index (χ3n) is 2.24. The van der Waals surface area contributed by atoms with Crippen LogP contribution >= 0.6 is 12.2 Å². The van der Waals surface area contributed by atoms with Crippen molar-refractivity contribution in [2.75, 3.05) is 5.73 Å². The quantitative estimate of drug-likeness (QED) is 0.715. The number of aromatic nitrogens is 6. The average molecular weight is 225 g/mol. The maximum atomic E-state index is 5.69. The fourth-order valence-electron chi connectivity index (χ4n) is 1.48. The summed E-state index contributed by atoms with van der Waals surface area (Å²) in [5.74, 6) is 1.12. The molecule has 1 unspecified atom stereocenters. The summed E-state index contributed by atoms with van der Waals surface area (Å²) < 4.78 is 3.99. The van der Waals surface area contributed by atoms with Crippen molar-refractivity contribution >= 4 is 18.2 Å². The van der Waals surface area contributed by atoms with Crippen molar-refractivity contribution in [3.8, 4) is 0 Å². The number of H-pyrrole nitrogens is 1. The average Bonchev–Trinajstić information content (AvgIpc) is 2.73. The summed E-state index contributed by atoms with van der Waals surface area (Å²) in [5.41, 5.74) is 5.69. The molecule has 0 bridgehead atoms. The van der Waals surface area contributed by atoms with Gasteiger partial charge in [-0.3, -0.25) is 4.57 Å². The smallest absolute Gasteiger partial charge is 0.221 e. The van der Waals surface area contributed by atoms with Crippen LogP contribution in [0.25, 0.3) is 0 Å². The van der Waals surface area contributed by atoms with Gasteiger partial charge in [0.25, 0.3) is 0 Å². The number of aromatic amines is 1. The van der Waals surface area contributed by atoms with E-state index in [0.29, 0.717) is 10.7 Å². The lowest BCUT2D eigenvalue weighted by Gasteiger charge is -2.12. The van der Waals surface area contributed by atoms with Crippen LogP contribution < -0.4 is 5.73 Å². The first kappa shape index (κ1) is 9.84. The highest BCUT2D eigenvalue weighted by Gasteiger charge is 2.16. The summed E-state index contributed by atoms with van der Waals surface area (Å²) in [6.07, 6.45) is 1.63. The van der Waals surface area contributed by atoms with Crippen LogP contribution in [0.3, 0.4) is 0 Å². The Kier molecular flexibility index (Phi) is 2.27. The summed E-state index contributed by atoms with van der Waals surface area (Å²) in [7, 11) is 1.87. The molecule has 0 fully saturated rings. The lowest BCUT2D eigenvalue weighted by atomic mass is 10.3. The predicted molar refractivity (Wildman–Crippen MR) is 56.6 cm³/mol. The summed E-state index contributed by atoms with van der Waals surface area (Å²) in [6, 6.07) is -0.0938. The molecule has 0 aliphatic heterocycles. The second kappa shape index (κ2) is 3.46. The van der Waals surface area contributed by atoms with Crippen LogP contribution in [0, 0.1) is 4.77 Å². The largest absolute Gasteiger partial charge is 0.368 e. The highest BCUT2D eigenvalue weighted by Crippen LogP contribution is 2.17. The van der Waals surface area contributed by atoms with Crippen LogP contribution in [0.1, 0.15) is 18.8 Å². The molecule has 2 rings (SSSR count). The fourth-order valence-corrected chi connectivity index (χ4v) is 1.77. The van der Waals surface area contributed by atoms with Gasteiger partial charge in [-0.25, -0.2) is 5.10 Å². The van der Waals surface area contributed by atoms with Crippen molar-refractivity contribution in [2.24, 2.45) is 7.05 Å². The molecule has 0 amide bonds. The van der Waals surface area contributed by atoms with Gasteiger partial charge in [0.1, 0.15) is 6.33 Å². The number of nitrogens with one attached hydrogen (secondary N) is 1. The first-order valence-corrected chi connectivity index (χ1v) is 4.78. The number of nitrogen functional groups attached to an aromatic ring is 1. The third kappa shape index (κ3) is 1.52. The molecule has 0 spiro atoms. The summed E-state index contributed by atoms with van der Waals surface area (Å²) in [4.78, 5) is 0. The molecule has 80 valence electrons. The van der Waals surface area contributed by atoms with E-state index in [1.54, 1.807) is 10.9 Å². The van der Waals surface area contributed by atoms with Gasteiger partial charge in [-0.1, -0.05) is 0 Å². The molecule has 1 atom stereocenters. The molecule has 15 heavy (non-hydrogen) atoms. The topological polar surface area (TPSA) is 90.3 Å². The van der Waals surface area contributed by atoms with Gasteiger partial charge >= 0.3 is 0 Å². The van der Waals surface area contributed by atoms with Crippen molar-refractivity contribution in [2.45, 2.75) is 13.0 Å². The highest BCUT2D eigenvalue weighted by atomic mass is 32.1. The van der Waals surface area contributed by atoms with Gasteiger partial charge in [0.05, 0.1) is 6.04 Å².